The normalized spacial score (nSPS) is 17.4. The number of unbranched alkanes of at least 4 members (excludes halogenated alkanes) is 1. The molecule has 3 nitrogen and oxygen atoms in total. The quantitative estimate of drug-likeness (QED) is 0.649. The standard InChI is InChI=1S/C23H30FNO2/c24-22-8-10-23(11-9-22)27-16-17-4-5-19-14-20(7-6-18(19)13-17)21(15-25)3-1-2-12-26/h6-11,14,17,21,26H,1-5,12-13,15-16,25H2/t17?,21-/m0/s1. The molecule has 4 heteroatoms. The molecule has 0 saturated carbocycles. The molecule has 2 atom stereocenters. The lowest BCUT2D eigenvalue weighted by Gasteiger charge is -2.26. The third kappa shape index (κ3) is 5.53. The van der Waals surface area contributed by atoms with E-state index in [1.165, 1.54) is 28.8 Å². The minimum Gasteiger partial charge on any atom is -0.493 e. The summed E-state index contributed by atoms with van der Waals surface area (Å²) in [6, 6.07) is 13.0. The lowest BCUT2D eigenvalue weighted by atomic mass is 9.81. The van der Waals surface area contributed by atoms with Crippen molar-refractivity contribution < 1.29 is 14.2 Å². The van der Waals surface area contributed by atoms with E-state index in [1.54, 1.807) is 12.1 Å². The zero-order valence-corrected chi connectivity index (χ0v) is 15.9. The summed E-state index contributed by atoms with van der Waals surface area (Å²) < 4.78 is 18.8. The number of ether oxygens (including phenoxy) is 1. The zero-order valence-electron chi connectivity index (χ0n) is 15.9. The van der Waals surface area contributed by atoms with Crippen LogP contribution in [-0.4, -0.2) is 24.9 Å². The molecule has 0 radical (unpaired) electrons. The molecule has 1 aliphatic rings. The SMILES string of the molecule is NC[C@H](CCCCO)c1ccc2c(c1)CCC(COc1ccc(F)cc1)C2. The maximum absolute atomic E-state index is 13.0. The van der Waals surface area contributed by atoms with Gasteiger partial charge >= 0.3 is 0 Å². The van der Waals surface area contributed by atoms with Crippen molar-refractivity contribution in [2.24, 2.45) is 11.7 Å². The highest BCUT2D eigenvalue weighted by molar-refractivity contribution is 5.36. The molecule has 3 rings (SSSR count). The fourth-order valence-corrected chi connectivity index (χ4v) is 3.91. The molecule has 27 heavy (non-hydrogen) atoms. The van der Waals surface area contributed by atoms with Gasteiger partial charge in [0.25, 0.3) is 0 Å². The number of aliphatic hydroxyl groups is 1. The monoisotopic (exact) mass is 371 g/mol. The molecule has 2 aromatic carbocycles. The molecule has 0 aromatic heterocycles. The van der Waals surface area contributed by atoms with Crippen LogP contribution in [0.4, 0.5) is 4.39 Å². The van der Waals surface area contributed by atoms with Crippen LogP contribution in [0.2, 0.25) is 0 Å². The van der Waals surface area contributed by atoms with E-state index in [2.05, 4.69) is 18.2 Å². The zero-order chi connectivity index (χ0) is 19.1. The van der Waals surface area contributed by atoms with Gasteiger partial charge in [-0.2, -0.15) is 0 Å². The van der Waals surface area contributed by atoms with Gasteiger partial charge in [0.15, 0.2) is 0 Å². The van der Waals surface area contributed by atoms with Gasteiger partial charge in [0, 0.05) is 6.61 Å². The molecule has 0 heterocycles. The molecular weight excluding hydrogens is 341 g/mol. The maximum atomic E-state index is 13.0. The molecule has 0 amide bonds. The summed E-state index contributed by atoms with van der Waals surface area (Å²) in [5.41, 5.74) is 10.2. The topological polar surface area (TPSA) is 55.5 Å². The molecule has 3 N–H and O–H groups in total. The number of hydrogen-bond acceptors (Lipinski definition) is 3. The Bertz CT molecular complexity index is 717. The van der Waals surface area contributed by atoms with Crippen LogP contribution in [-0.2, 0) is 12.8 Å². The summed E-state index contributed by atoms with van der Waals surface area (Å²) in [5, 5.41) is 8.98. The van der Waals surface area contributed by atoms with E-state index in [0.29, 0.717) is 25.0 Å². The number of nitrogens with two attached hydrogens (primary N) is 1. The van der Waals surface area contributed by atoms with Crippen LogP contribution in [0.15, 0.2) is 42.5 Å². The van der Waals surface area contributed by atoms with Crippen LogP contribution in [0, 0.1) is 11.7 Å². The van der Waals surface area contributed by atoms with Crippen molar-refractivity contribution in [2.75, 3.05) is 19.8 Å². The number of aliphatic hydroxyl groups excluding tert-OH is 1. The number of benzene rings is 2. The van der Waals surface area contributed by atoms with E-state index in [9.17, 15) is 4.39 Å². The fourth-order valence-electron chi connectivity index (χ4n) is 3.91. The molecule has 1 aliphatic carbocycles. The Hall–Kier alpha value is -1.91. The van der Waals surface area contributed by atoms with Crippen LogP contribution >= 0.6 is 0 Å². The van der Waals surface area contributed by atoms with Crippen molar-refractivity contribution in [1.82, 2.24) is 0 Å². The van der Waals surface area contributed by atoms with E-state index in [4.69, 9.17) is 15.6 Å². The Morgan fingerprint density at radius 1 is 1.11 bits per heavy atom. The van der Waals surface area contributed by atoms with Gasteiger partial charge in [-0.05, 0) is 91.4 Å². The van der Waals surface area contributed by atoms with Crippen molar-refractivity contribution >= 4 is 0 Å². The largest absolute Gasteiger partial charge is 0.493 e. The Morgan fingerprint density at radius 3 is 2.67 bits per heavy atom. The average molecular weight is 371 g/mol. The van der Waals surface area contributed by atoms with Crippen LogP contribution in [0.25, 0.3) is 0 Å². The maximum Gasteiger partial charge on any atom is 0.123 e. The summed E-state index contributed by atoms with van der Waals surface area (Å²) in [6.45, 7) is 1.57. The Labute approximate surface area is 161 Å². The molecular formula is C23H30FNO2. The third-order valence-corrected chi connectivity index (χ3v) is 5.58. The first-order valence-electron chi connectivity index (χ1n) is 10.0. The van der Waals surface area contributed by atoms with Gasteiger partial charge in [0.2, 0.25) is 0 Å². The Balaban J connectivity index is 1.57. The van der Waals surface area contributed by atoms with Gasteiger partial charge in [0.1, 0.15) is 11.6 Å². The first-order valence-corrected chi connectivity index (χ1v) is 10.0. The summed E-state index contributed by atoms with van der Waals surface area (Å²) in [6.07, 6.45) is 6.08. The number of halogens is 1. The van der Waals surface area contributed by atoms with Crippen LogP contribution in [0.3, 0.4) is 0 Å². The molecule has 0 bridgehead atoms. The minimum atomic E-state index is -0.239. The number of fused-ring (bicyclic) bond motifs is 1. The second kappa shape index (κ2) is 9.86. The van der Waals surface area contributed by atoms with Gasteiger partial charge in [-0.3, -0.25) is 0 Å². The molecule has 0 spiro atoms. The molecule has 0 aliphatic heterocycles. The van der Waals surface area contributed by atoms with E-state index in [0.717, 1.165) is 44.3 Å². The average Bonchev–Trinajstić information content (AvgIpc) is 2.70. The molecule has 146 valence electrons. The van der Waals surface area contributed by atoms with E-state index >= 15 is 0 Å². The second-order valence-corrected chi connectivity index (χ2v) is 7.55. The highest BCUT2D eigenvalue weighted by Crippen LogP contribution is 2.30. The van der Waals surface area contributed by atoms with Gasteiger partial charge in [-0.15, -0.1) is 0 Å². The van der Waals surface area contributed by atoms with Gasteiger partial charge in [0.05, 0.1) is 6.61 Å². The van der Waals surface area contributed by atoms with Crippen molar-refractivity contribution in [1.29, 1.82) is 0 Å². The van der Waals surface area contributed by atoms with Crippen LogP contribution < -0.4 is 10.5 Å². The highest BCUT2D eigenvalue weighted by Gasteiger charge is 2.21. The number of rotatable bonds is 9. The van der Waals surface area contributed by atoms with E-state index in [1.807, 2.05) is 0 Å². The second-order valence-electron chi connectivity index (χ2n) is 7.55. The highest BCUT2D eigenvalue weighted by atomic mass is 19.1. The van der Waals surface area contributed by atoms with Gasteiger partial charge < -0.3 is 15.6 Å². The van der Waals surface area contributed by atoms with Crippen molar-refractivity contribution in [3.63, 3.8) is 0 Å². The summed E-state index contributed by atoms with van der Waals surface area (Å²) >= 11 is 0. The smallest absolute Gasteiger partial charge is 0.123 e. The molecule has 1 unspecified atom stereocenters. The van der Waals surface area contributed by atoms with Gasteiger partial charge in [-0.25, -0.2) is 4.39 Å². The number of aryl methyl sites for hydroxylation is 1. The summed E-state index contributed by atoms with van der Waals surface area (Å²) in [7, 11) is 0. The predicted octanol–water partition coefficient (Wildman–Crippen LogP) is 4.21. The van der Waals surface area contributed by atoms with E-state index in [-0.39, 0.29) is 12.4 Å². The Morgan fingerprint density at radius 2 is 1.93 bits per heavy atom. The lowest BCUT2D eigenvalue weighted by Crippen LogP contribution is -2.21. The van der Waals surface area contributed by atoms with Crippen LogP contribution in [0.5, 0.6) is 5.75 Å². The lowest BCUT2D eigenvalue weighted by molar-refractivity contribution is 0.234. The van der Waals surface area contributed by atoms with Crippen molar-refractivity contribution in [3.05, 3.63) is 65.0 Å². The first kappa shape index (κ1) is 19.8. The summed E-state index contributed by atoms with van der Waals surface area (Å²) in [4.78, 5) is 0. The number of hydrogen-bond donors (Lipinski definition) is 2. The molecule has 2 aromatic rings. The molecule has 0 fully saturated rings. The van der Waals surface area contributed by atoms with Crippen molar-refractivity contribution in [3.8, 4) is 5.75 Å². The Kier molecular flexibility index (Phi) is 7.25. The third-order valence-electron chi connectivity index (χ3n) is 5.58. The molecule has 0 saturated heterocycles. The van der Waals surface area contributed by atoms with Gasteiger partial charge in [-0.1, -0.05) is 24.6 Å². The first-order chi connectivity index (χ1) is 13.2. The predicted molar refractivity (Wildman–Crippen MR) is 107 cm³/mol. The minimum absolute atomic E-state index is 0.239. The summed E-state index contributed by atoms with van der Waals surface area (Å²) in [5.74, 6) is 1.35. The van der Waals surface area contributed by atoms with E-state index < -0.39 is 0 Å². The fraction of sp³-hybridized carbons (Fsp3) is 0.478. The van der Waals surface area contributed by atoms with Crippen molar-refractivity contribution in [2.45, 2.75) is 44.4 Å². The van der Waals surface area contributed by atoms with Crippen LogP contribution in [0.1, 0.15) is 48.3 Å².